The van der Waals surface area contributed by atoms with Crippen LogP contribution in [0.1, 0.15) is 41.6 Å². The van der Waals surface area contributed by atoms with Crippen molar-refractivity contribution in [2.45, 2.75) is 31.9 Å². The average molecular weight is 286 g/mol. The van der Waals surface area contributed by atoms with E-state index in [2.05, 4.69) is 5.32 Å². The number of carbonyl (C=O) groups excluding carboxylic acids is 1. The predicted molar refractivity (Wildman–Crippen MR) is 70.1 cm³/mol. The van der Waals surface area contributed by atoms with Crippen molar-refractivity contribution in [2.75, 3.05) is 12.3 Å². The van der Waals surface area contributed by atoms with Crippen molar-refractivity contribution in [3.8, 4) is 0 Å². The highest BCUT2D eigenvalue weighted by Gasteiger charge is 2.31. The highest BCUT2D eigenvalue weighted by molar-refractivity contribution is 5.99. The number of hydrogen-bond acceptors (Lipinski definition) is 2. The van der Waals surface area contributed by atoms with Crippen LogP contribution >= 0.6 is 0 Å². The van der Waals surface area contributed by atoms with Crippen LogP contribution in [0.4, 0.5) is 18.9 Å². The van der Waals surface area contributed by atoms with E-state index in [1.807, 2.05) is 0 Å². The van der Waals surface area contributed by atoms with E-state index in [1.165, 1.54) is 0 Å². The molecule has 1 fully saturated rings. The zero-order chi connectivity index (χ0) is 14.8. The van der Waals surface area contributed by atoms with E-state index in [0.717, 1.165) is 43.9 Å². The molecule has 0 spiro atoms. The van der Waals surface area contributed by atoms with E-state index in [4.69, 9.17) is 5.73 Å². The second-order valence-electron chi connectivity index (χ2n) is 5.16. The number of alkyl halides is 3. The van der Waals surface area contributed by atoms with E-state index >= 15 is 0 Å². The lowest BCUT2D eigenvalue weighted by molar-refractivity contribution is -0.137. The van der Waals surface area contributed by atoms with Gasteiger partial charge >= 0.3 is 6.18 Å². The first kappa shape index (κ1) is 14.7. The van der Waals surface area contributed by atoms with Crippen LogP contribution in [0.2, 0.25) is 0 Å². The molecule has 1 amide bonds. The molecule has 1 saturated carbocycles. The van der Waals surface area contributed by atoms with Gasteiger partial charge in [-0.05, 0) is 37.0 Å². The number of hydrogen-bond donors (Lipinski definition) is 2. The van der Waals surface area contributed by atoms with Crippen molar-refractivity contribution >= 4 is 11.6 Å². The van der Waals surface area contributed by atoms with Crippen molar-refractivity contribution in [3.63, 3.8) is 0 Å². The molecule has 1 aromatic carbocycles. The maximum Gasteiger partial charge on any atom is 0.416 e. The average Bonchev–Trinajstić information content (AvgIpc) is 2.88. The smallest absolute Gasteiger partial charge is 0.398 e. The standard InChI is InChI=1S/C14H17F3N2O/c15-14(16,17)10-5-6-12(18)11(7-10)13(20)19-8-9-3-1-2-4-9/h5-7,9H,1-4,8,18H2,(H,19,20). The van der Waals surface area contributed by atoms with Gasteiger partial charge in [0.05, 0.1) is 11.1 Å². The molecule has 0 unspecified atom stereocenters. The van der Waals surface area contributed by atoms with Gasteiger partial charge in [-0.15, -0.1) is 0 Å². The Labute approximate surface area is 115 Å². The minimum atomic E-state index is -4.48. The fourth-order valence-corrected chi connectivity index (χ4v) is 2.48. The van der Waals surface area contributed by atoms with Gasteiger partial charge in [0.1, 0.15) is 0 Å². The first-order valence-corrected chi connectivity index (χ1v) is 6.63. The molecular formula is C14H17F3N2O. The van der Waals surface area contributed by atoms with Crippen LogP contribution < -0.4 is 11.1 Å². The number of nitrogens with two attached hydrogens (primary N) is 1. The van der Waals surface area contributed by atoms with Crippen LogP contribution in [0.25, 0.3) is 0 Å². The topological polar surface area (TPSA) is 55.1 Å². The third-order valence-corrected chi connectivity index (χ3v) is 3.65. The molecule has 0 saturated heterocycles. The van der Waals surface area contributed by atoms with E-state index in [-0.39, 0.29) is 11.3 Å². The quantitative estimate of drug-likeness (QED) is 0.838. The van der Waals surface area contributed by atoms with Crippen LogP contribution in [0.5, 0.6) is 0 Å². The largest absolute Gasteiger partial charge is 0.416 e. The molecule has 0 radical (unpaired) electrons. The second kappa shape index (κ2) is 5.73. The SMILES string of the molecule is Nc1ccc(C(F)(F)F)cc1C(=O)NCC1CCCC1. The van der Waals surface area contributed by atoms with Crippen LogP contribution in [0, 0.1) is 5.92 Å². The minimum absolute atomic E-state index is 0.0573. The molecule has 20 heavy (non-hydrogen) atoms. The van der Waals surface area contributed by atoms with Gasteiger partial charge in [-0.3, -0.25) is 4.79 Å². The van der Waals surface area contributed by atoms with Crippen molar-refractivity contribution in [1.29, 1.82) is 0 Å². The summed E-state index contributed by atoms with van der Waals surface area (Å²) in [5, 5.41) is 2.67. The number of halogens is 3. The van der Waals surface area contributed by atoms with Gasteiger partial charge in [-0.2, -0.15) is 13.2 Å². The number of nitrogens with one attached hydrogen (secondary N) is 1. The number of anilines is 1. The number of nitrogen functional groups attached to an aromatic ring is 1. The van der Waals surface area contributed by atoms with Crippen molar-refractivity contribution in [1.82, 2.24) is 5.32 Å². The summed E-state index contributed by atoms with van der Waals surface area (Å²) in [7, 11) is 0. The van der Waals surface area contributed by atoms with Crippen LogP contribution in [-0.2, 0) is 6.18 Å². The second-order valence-corrected chi connectivity index (χ2v) is 5.16. The van der Waals surface area contributed by atoms with Gasteiger partial charge in [-0.25, -0.2) is 0 Å². The van der Waals surface area contributed by atoms with Gasteiger partial charge in [0, 0.05) is 12.2 Å². The van der Waals surface area contributed by atoms with Crippen LogP contribution in [-0.4, -0.2) is 12.5 Å². The highest BCUT2D eigenvalue weighted by atomic mass is 19.4. The first-order chi connectivity index (χ1) is 9.38. The number of rotatable bonds is 3. The highest BCUT2D eigenvalue weighted by Crippen LogP contribution is 2.31. The summed E-state index contributed by atoms with van der Waals surface area (Å²) in [5.41, 5.74) is 4.67. The zero-order valence-electron chi connectivity index (χ0n) is 11.0. The Bertz CT molecular complexity index is 494. The summed E-state index contributed by atoms with van der Waals surface area (Å²) in [4.78, 5) is 11.9. The van der Waals surface area contributed by atoms with E-state index < -0.39 is 17.6 Å². The number of carbonyl (C=O) groups is 1. The summed E-state index contributed by atoms with van der Waals surface area (Å²) in [6.07, 6.45) is -0.0800. The van der Waals surface area contributed by atoms with Crippen molar-refractivity contribution < 1.29 is 18.0 Å². The lowest BCUT2D eigenvalue weighted by Crippen LogP contribution is -2.29. The van der Waals surface area contributed by atoms with E-state index in [9.17, 15) is 18.0 Å². The summed E-state index contributed by atoms with van der Waals surface area (Å²) >= 11 is 0. The summed E-state index contributed by atoms with van der Waals surface area (Å²) < 4.78 is 37.9. The Morgan fingerprint density at radius 3 is 2.55 bits per heavy atom. The molecule has 3 nitrogen and oxygen atoms in total. The summed E-state index contributed by atoms with van der Waals surface area (Å²) in [6, 6.07) is 2.80. The Hall–Kier alpha value is -1.72. The number of benzene rings is 1. The Balaban J connectivity index is 2.08. The van der Waals surface area contributed by atoms with Gasteiger partial charge in [-0.1, -0.05) is 12.8 Å². The normalized spacial score (nSPS) is 16.4. The molecule has 6 heteroatoms. The third-order valence-electron chi connectivity index (χ3n) is 3.65. The monoisotopic (exact) mass is 286 g/mol. The maximum atomic E-state index is 12.6. The maximum absolute atomic E-state index is 12.6. The molecular weight excluding hydrogens is 269 g/mol. The van der Waals surface area contributed by atoms with Gasteiger partial charge in [0.15, 0.2) is 0 Å². The molecule has 0 heterocycles. The minimum Gasteiger partial charge on any atom is -0.398 e. The Morgan fingerprint density at radius 2 is 1.95 bits per heavy atom. The molecule has 0 aliphatic heterocycles. The Morgan fingerprint density at radius 1 is 1.30 bits per heavy atom. The molecule has 0 aromatic heterocycles. The van der Waals surface area contributed by atoms with Crippen molar-refractivity contribution in [3.05, 3.63) is 29.3 Å². The van der Waals surface area contributed by atoms with E-state index in [1.54, 1.807) is 0 Å². The first-order valence-electron chi connectivity index (χ1n) is 6.63. The molecule has 1 aliphatic carbocycles. The lowest BCUT2D eigenvalue weighted by atomic mass is 10.1. The molecule has 0 atom stereocenters. The summed E-state index contributed by atoms with van der Waals surface area (Å²) in [6.45, 7) is 0.495. The van der Waals surface area contributed by atoms with Gasteiger partial charge < -0.3 is 11.1 Å². The zero-order valence-corrected chi connectivity index (χ0v) is 11.0. The van der Waals surface area contributed by atoms with E-state index in [0.29, 0.717) is 12.5 Å². The van der Waals surface area contributed by atoms with Crippen molar-refractivity contribution in [2.24, 2.45) is 5.92 Å². The van der Waals surface area contributed by atoms with Gasteiger partial charge in [0.2, 0.25) is 0 Å². The lowest BCUT2D eigenvalue weighted by Gasteiger charge is -2.13. The van der Waals surface area contributed by atoms with Crippen LogP contribution in [0.15, 0.2) is 18.2 Å². The molecule has 2 rings (SSSR count). The molecule has 0 bridgehead atoms. The molecule has 3 N–H and O–H groups in total. The molecule has 110 valence electrons. The summed E-state index contributed by atoms with van der Waals surface area (Å²) in [5.74, 6) is -0.119. The Kier molecular flexibility index (Phi) is 4.20. The van der Waals surface area contributed by atoms with Gasteiger partial charge in [0.25, 0.3) is 5.91 Å². The number of amides is 1. The predicted octanol–water partition coefficient (Wildman–Crippen LogP) is 3.21. The molecule has 1 aromatic rings. The fourth-order valence-electron chi connectivity index (χ4n) is 2.48. The fraction of sp³-hybridized carbons (Fsp3) is 0.500. The van der Waals surface area contributed by atoms with Crippen LogP contribution in [0.3, 0.4) is 0 Å². The third kappa shape index (κ3) is 3.43. The molecule has 1 aliphatic rings.